The largest absolute Gasteiger partial charge is 0.466 e. The van der Waals surface area contributed by atoms with Gasteiger partial charge < -0.3 is 9.47 Å². The molecule has 7 nitrogen and oxygen atoms in total. The van der Waals surface area contributed by atoms with Crippen LogP contribution < -0.4 is 0 Å². The molecule has 0 bridgehead atoms. The Balaban J connectivity index is 1.41. The highest BCUT2D eigenvalue weighted by Gasteiger charge is 2.26. The number of morpholine rings is 1. The van der Waals surface area contributed by atoms with E-state index in [2.05, 4.69) is 4.98 Å². The Kier molecular flexibility index (Phi) is 7.74. The van der Waals surface area contributed by atoms with Crippen LogP contribution >= 0.6 is 0 Å². The molecule has 0 aliphatic carbocycles. The van der Waals surface area contributed by atoms with Crippen LogP contribution in [0.2, 0.25) is 0 Å². The third kappa shape index (κ3) is 6.35. The van der Waals surface area contributed by atoms with Crippen LogP contribution in [0.4, 0.5) is 0 Å². The van der Waals surface area contributed by atoms with Crippen LogP contribution in [-0.4, -0.2) is 56.6 Å². The van der Waals surface area contributed by atoms with Gasteiger partial charge >= 0.3 is 5.97 Å². The van der Waals surface area contributed by atoms with E-state index in [0.29, 0.717) is 39.3 Å². The first-order valence-electron chi connectivity index (χ1n) is 9.77. The Morgan fingerprint density at radius 2 is 1.83 bits per heavy atom. The van der Waals surface area contributed by atoms with Gasteiger partial charge in [-0.25, -0.2) is 8.42 Å². The molecule has 1 saturated heterocycles. The molecule has 0 unspecified atom stereocenters. The maximum Gasteiger partial charge on any atom is 0.306 e. The summed E-state index contributed by atoms with van der Waals surface area (Å²) in [6.07, 6.45) is 5.90. The number of carbonyl (C=O) groups excluding carboxylic acids is 1. The minimum Gasteiger partial charge on any atom is -0.466 e. The second-order valence-electron chi connectivity index (χ2n) is 6.85. The zero-order valence-corrected chi connectivity index (χ0v) is 17.1. The lowest BCUT2D eigenvalue weighted by atomic mass is 10.1. The predicted octanol–water partition coefficient (Wildman–Crippen LogP) is 2.21. The molecule has 0 atom stereocenters. The number of aromatic nitrogens is 1. The third-order valence-electron chi connectivity index (χ3n) is 4.74. The molecule has 1 fully saturated rings. The fourth-order valence-electron chi connectivity index (χ4n) is 3.09. The number of rotatable bonds is 9. The van der Waals surface area contributed by atoms with Crippen LogP contribution in [0, 0.1) is 0 Å². The monoisotopic (exact) mass is 418 g/mol. The van der Waals surface area contributed by atoms with Gasteiger partial charge in [-0.3, -0.25) is 9.78 Å². The Hall–Kier alpha value is -2.29. The number of aryl methyl sites for hydroxylation is 2. The van der Waals surface area contributed by atoms with Crippen molar-refractivity contribution in [3.63, 3.8) is 0 Å². The number of sulfonamides is 1. The third-order valence-corrected chi connectivity index (χ3v) is 6.66. The first-order chi connectivity index (χ1) is 14.1. The SMILES string of the molecule is O=C(CCc1ccc(S(=O)(=O)N2CCOCC2)cc1)OCCCc1cccnc1. The van der Waals surface area contributed by atoms with Crippen LogP contribution in [0.1, 0.15) is 24.0 Å². The zero-order chi connectivity index (χ0) is 20.5. The van der Waals surface area contributed by atoms with Crippen molar-refractivity contribution in [2.75, 3.05) is 32.9 Å². The average Bonchev–Trinajstić information content (AvgIpc) is 2.77. The van der Waals surface area contributed by atoms with Gasteiger partial charge in [-0.1, -0.05) is 18.2 Å². The number of esters is 1. The molecule has 29 heavy (non-hydrogen) atoms. The van der Waals surface area contributed by atoms with Crippen LogP contribution in [-0.2, 0) is 37.1 Å². The standard InChI is InChI=1S/C21H26N2O5S/c24-21(28-14-2-4-19-3-1-11-22-17-19)10-7-18-5-8-20(9-6-18)29(25,26)23-12-15-27-16-13-23/h1,3,5-6,8-9,11,17H,2,4,7,10,12-16H2. The van der Waals surface area contributed by atoms with E-state index < -0.39 is 10.0 Å². The van der Waals surface area contributed by atoms with Crippen molar-refractivity contribution in [2.45, 2.75) is 30.6 Å². The van der Waals surface area contributed by atoms with Crippen LogP contribution in [0.5, 0.6) is 0 Å². The van der Waals surface area contributed by atoms with Gasteiger partial charge in [0.05, 0.1) is 24.7 Å². The molecule has 3 rings (SSSR count). The molecule has 0 saturated carbocycles. The molecular formula is C21H26N2O5S. The normalized spacial score (nSPS) is 15.2. The molecule has 8 heteroatoms. The molecule has 0 N–H and O–H groups in total. The first-order valence-corrected chi connectivity index (χ1v) is 11.2. The highest BCUT2D eigenvalue weighted by molar-refractivity contribution is 7.89. The van der Waals surface area contributed by atoms with E-state index in [4.69, 9.17) is 9.47 Å². The summed E-state index contributed by atoms with van der Waals surface area (Å²) in [5.41, 5.74) is 2.02. The first kappa shape index (κ1) is 21.4. The Labute approximate surface area is 171 Å². The van der Waals surface area contributed by atoms with Crippen molar-refractivity contribution in [3.8, 4) is 0 Å². The van der Waals surface area contributed by atoms with Crippen molar-refractivity contribution < 1.29 is 22.7 Å². The maximum absolute atomic E-state index is 12.6. The second kappa shape index (κ2) is 10.5. The van der Waals surface area contributed by atoms with Crippen molar-refractivity contribution in [3.05, 3.63) is 59.9 Å². The fraction of sp³-hybridized carbons (Fsp3) is 0.429. The van der Waals surface area contributed by atoms with Crippen LogP contribution in [0.25, 0.3) is 0 Å². The number of pyridine rings is 1. The summed E-state index contributed by atoms with van der Waals surface area (Å²) in [5, 5.41) is 0. The van der Waals surface area contributed by atoms with Gasteiger partial charge in [-0.15, -0.1) is 0 Å². The Bertz CT molecular complexity index is 879. The molecule has 0 amide bonds. The lowest BCUT2D eigenvalue weighted by Gasteiger charge is -2.26. The fourth-order valence-corrected chi connectivity index (χ4v) is 4.50. The van der Waals surface area contributed by atoms with Gasteiger partial charge in [-0.05, 0) is 48.6 Å². The highest BCUT2D eigenvalue weighted by Crippen LogP contribution is 2.18. The summed E-state index contributed by atoms with van der Waals surface area (Å²) in [6.45, 7) is 1.96. The summed E-state index contributed by atoms with van der Waals surface area (Å²) in [7, 11) is -3.49. The molecule has 2 aromatic rings. The van der Waals surface area contributed by atoms with Gasteiger partial charge in [-0.2, -0.15) is 4.31 Å². The molecule has 1 aliphatic heterocycles. The van der Waals surface area contributed by atoms with Gasteiger partial charge in [0.25, 0.3) is 0 Å². The van der Waals surface area contributed by atoms with Gasteiger partial charge in [0, 0.05) is 31.9 Å². The van der Waals surface area contributed by atoms with Gasteiger partial charge in [0.15, 0.2) is 0 Å². The molecule has 1 aromatic carbocycles. The van der Waals surface area contributed by atoms with E-state index in [1.165, 1.54) is 4.31 Å². The summed E-state index contributed by atoms with van der Waals surface area (Å²) < 4.78 is 37.1. The molecule has 2 heterocycles. The van der Waals surface area contributed by atoms with Gasteiger partial charge in [0.1, 0.15) is 0 Å². The molecule has 1 aliphatic rings. The predicted molar refractivity (Wildman–Crippen MR) is 108 cm³/mol. The number of hydrogen-bond acceptors (Lipinski definition) is 6. The lowest BCUT2D eigenvalue weighted by molar-refractivity contribution is -0.143. The summed E-state index contributed by atoms with van der Waals surface area (Å²) >= 11 is 0. The number of carbonyl (C=O) groups is 1. The van der Waals surface area contributed by atoms with Crippen molar-refractivity contribution in [2.24, 2.45) is 0 Å². The maximum atomic E-state index is 12.6. The molecule has 156 valence electrons. The van der Waals surface area contributed by atoms with Gasteiger partial charge in [0.2, 0.25) is 10.0 Å². The number of benzene rings is 1. The highest BCUT2D eigenvalue weighted by atomic mass is 32.2. The lowest BCUT2D eigenvalue weighted by Crippen LogP contribution is -2.40. The van der Waals surface area contributed by atoms with Crippen molar-refractivity contribution >= 4 is 16.0 Å². The second-order valence-corrected chi connectivity index (χ2v) is 8.78. The van der Waals surface area contributed by atoms with E-state index in [0.717, 1.165) is 24.0 Å². The topological polar surface area (TPSA) is 85.8 Å². The van der Waals surface area contributed by atoms with Crippen LogP contribution in [0.15, 0.2) is 53.7 Å². The van der Waals surface area contributed by atoms with Crippen molar-refractivity contribution in [1.82, 2.24) is 9.29 Å². The summed E-state index contributed by atoms with van der Waals surface area (Å²) in [6, 6.07) is 10.6. The smallest absolute Gasteiger partial charge is 0.306 e. The zero-order valence-electron chi connectivity index (χ0n) is 16.3. The minimum absolute atomic E-state index is 0.249. The number of hydrogen-bond donors (Lipinski definition) is 0. The number of ether oxygens (including phenoxy) is 2. The minimum atomic E-state index is -3.49. The van der Waals surface area contributed by atoms with Crippen LogP contribution in [0.3, 0.4) is 0 Å². The summed E-state index contributed by atoms with van der Waals surface area (Å²) in [4.78, 5) is 16.2. The Morgan fingerprint density at radius 1 is 1.07 bits per heavy atom. The molecule has 0 radical (unpaired) electrons. The Morgan fingerprint density at radius 3 is 2.52 bits per heavy atom. The quantitative estimate of drug-likeness (QED) is 0.458. The van der Waals surface area contributed by atoms with E-state index in [1.807, 2.05) is 18.3 Å². The van der Waals surface area contributed by atoms with Crippen molar-refractivity contribution in [1.29, 1.82) is 0 Å². The average molecular weight is 419 g/mol. The molecule has 1 aromatic heterocycles. The van der Waals surface area contributed by atoms with E-state index >= 15 is 0 Å². The number of nitrogens with zero attached hydrogens (tertiary/aromatic N) is 2. The summed E-state index contributed by atoms with van der Waals surface area (Å²) in [5.74, 6) is -0.249. The van der Waals surface area contributed by atoms with E-state index in [1.54, 1.807) is 30.5 Å². The van der Waals surface area contributed by atoms with E-state index in [9.17, 15) is 13.2 Å². The van der Waals surface area contributed by atoms with E-state index in [-0.39, 0.29) is 17.3 Å². The molecule has 0 spiro atoms. The molecular weight excluding hydrogens is 392 g/mol.